The number of nitrogens with one attached hydrogen (secondary N) is 2. The topological polar surface area (TPSA) is 123 Å². The molecular formula is C20H22N4O5S. The fraction of sp³-hybridized carbons (Fsp3) is 0.250. The quantitative estimate of drug-likeness (QED) is 0.500. The summed E-state index contributed by atoms with van der Waals surface area (Å²) in [5.41, 5.74) is 0.642. The average molecular weight is 430 g/mol. The van der Waals surface area contributed by atoms with E-state index >= 15 is 0 Å². The van der Waals surface area contributed by atoms with Crippen molar-refractivity contribution < 1.29 is 22.5 Å². The molecule has 3 rings (SSSR count). The molecule has 2 N–H and O–H groups in total. The van der Waals surface area contributed by atoms with E-state index in [-0.39, 0.29) is 16.4 Å². The van der Waals surface area contributed by atoms with Gasteiger partial charge in [0.2, 0.25) is 5.89 Å². The third-order valence-electron chi connectivity index (χ3n) is 4.17. The van der Waals surface area contributed by atoms with Gasteiger partial charge < -0.3 is 14.6 Å². The van der Waals surface area contributed by atoms with Crippen LogP contribution in [0.2, 0.25) is 0 Å². The number of rotatable bonds is 9. The fourth-order valence-corrected chi connectivity index (χ4v) is 3.77. The van der Waals surface area contributed by atoms with Gasteiger partial charge in [-0.15, -0.1) is 0 Å². The number of nitrogens with zero attached hydrogens (tertiary/aromatic N) is 2. The first-order valence-corrected chi connectivity index (χ1v) is 10.7. The summed E-state index contributed by atoms with van der Waals surface area (Å²) < 4.78 is 37.9. The maximum absolute atomic E-state index is 12.7. The lowest BCUT2D eigenvalue weighted by molar-refractivity contribution is 0.0952. The molecule has 0 fully saturated rings. The number of sulfonamides is 1. The van der Waals surface area contributed by atoms with Crippen LogP contribution in [-0.4, -0.2) is 38.1 Å². The van der Waals surface area contributed by atoms with E-state index in [4.69, 9.17) is 9.26 Å². The van der Waals surface area contributed by atoms with Crippen LogP contribution in [-0.2, 0) is 16.4 Å². The van der Waals surface area contributed by atoms with Gasteiger partial charge in [-0.1, -0.05) is 11.2 Å². The van der Waals surface area contributed by atoms with Crippen LogP contribution in [0.1, 0.15) is 28.5 Å². The molecule has 158 valence electrons. The van der Waals surface area contributed by atoms with Crippen molar-refractivity contribution in [3.63, 3.8) is 0 Å². The number of methoxy groups -OCH3 is 1. The van der Waals surface area contributed by atoms with Crippen molar-refractivity contribution in [1.29, 1.82) is 0 Å². The van der Waals surface area contributed by atoms with Crippen LogP contribution in [0.3, 0.4) is 0 Å². The summed E-state index contributed by atoms with van der Waals surface area (Å²) in [5.74, 6) is 1.33. The van der Waals surface area contributed by atoms with Crippen LogP contribution < -0.4 is 14.8 Å². The Labute approximate surface area is 174 Å². The molecule has 0 unspecified atom stereocenters. The molecule has 1 aromatic heterocycles. The largest absolute Gasteiger partial charge is 0.497 e. The van der Waals surface area contributed by atoms with Crippen molar-refractivity contribution >= 4 is 21.6 Å². The number of aryl methyl sites for hydroxylation is 2. The van der Waals surface area contributed by atoms with E-state index in [0.717, 1.165) is 0 Å². The van der Waals surface area contributed by atoms with Crippen molar-refractivity contribution in [1.82, 2.24) is 15.5 Å². The van der Waals surface area contributed by atoms with E-state index in [1.54, 1.807) is 37.3 Å². The molecule has 30 heavy (non-hydrogen) atoms. The summed E-state index contributed by atoms with van der Waals surface area (Å²) in [6, 6.07) is 12.3. The van der Waals surface area contributed by atoms with Crippen LogP contribution in [0.15, 0.2) is 57.9 Å². The van der Waals surface area contributed by atoms with Crippen LogP contribution in [0.5, 0.6) is 5.75 Å². The molecule has 0 aliphatic rings. The minimum Gasteiger partial charge on any atom is -0.497 e. The van der Waals surface area contributed by atoms with Crippen molar-refractivity contribution in [3.05, 3.63) is 65.8 Å². The first-order chi connectivity index (χ1) is 14.4. The Morgan fingerprint density at radius 2 is 1.93 bits per heavy atom. The van der Waals surface area contributed by atoms with Gasteiger partial charge in [0.15, 0.2) is 5.82 Å². The van der Waals surface area contributed by atoms with Crippen molar-refractivity contribution in [2.24, 2.45) is 0 Å². The number of carbonyl (C=O) groups excluding carboxylic acids is 1. The number of ether oxygens (including phenoxy) is 1. The smallest absolute Gasteiger partial charge is 0.261 e. The highest BCUT2D eigenvalue weighted by molar-refractivity contribution is 7.92. The second kappa shape index (κ2) is 9.40. The van der Waals surface area contributed by atoms with Gasteiger partial charge in [-0.3, -0.25) is 9.52 Å². The van der Waals surface area contributed by atoms with Crippen LogP contribution in [0, 0.1) is 6.92 Å². The average Bonchev–Trinajstić information content (AvgIpc) is 3.16. The van der Waals surface area contributed by atoms with Gasteiger partial charge in [-0.2, -0.15) is 4.98 Å². The molecule has 0 radical (unpaired) electrons. The lowest BCUT2D eigenvalue weighted by Crippen LogP contribution is -2.25. The Morgan fingerprint density at radius 1 is 1.17 bits per heavy atom. The standard InChI is InChI=1S/C20H22N4O5S/c1-14-22-19(29-23-14)7-4-12-21-20(25)15-5-3-6-18(13-15)30(26,27)24-16-8-10-17(28-2)11-9-16/h3,5-6,8-11,13,24H,4,7,12H2,1-2H3,(H,21,25). The maximum Gasteiger partial charge on any atom is 0.261 e. The number of hydrogen-bond acceptors (Lipinski definition) is 7. The molecule has 9 nitrogen and oxygen atoms in total. The van der Waals surface area contributed by atoms with E-state index in [2.05, 4.69) is 20.2 Å². The molecular weight excluding hydrogens is 408 g/mol. The zero-order valence-corrected chi connectivity index (χ0v) is 17.4. The first-order valence-electron chi connectivity index (χ1n) is 9.22. The minimum absolute atomic E-state index is 0.00713. The Morgan fingerprint density at radius 3 is 2.60 bits per heavy atom. The monoisotopic (exact) mass is 430 g/mol. The van der Waals surface area contributed by atoms with E-state index in [9.17, 15) is 13.2 Å². The molecule has 0 saturated heterocycles. The predicted octanol–water partition coefficient (Wildman–Crippen LogP) is 2.55. The van der Waals surface area contributed by atoms with Gasteiger partial charge in [0, 0.05) is 24.2 Å². The summed E-state index contributed by atoms with van der Waals surface area (Å²) in [6.07, 6.45) is 1.16. The zero-order valence-electron chi connectivity index (χ0n) is 16.6. The number of amides is 1. The van der Waals surface area contributed by atoms with Gasteiger partial charge in [-0.05, 0) is 55.8 Å². The lowest BCUT2D eigenvalue weighted by atomic mass is 10.2. The Bertz CT molecular complexity index is 1110. The number of hydrogen-bond donors (Lipinski definition) is 2. The normalized spacial score (nSPS) is 11.1. The van der Waals surface area contributed by atoms with E-state index in [1.807, 2.05) is 0 Å². The number of aromatic nitrogens is 2. The minimum atomic E-state index is -3.85. The van der Waals surface area contributed by atoms with Gasteiger partial charge in [0.05, 0.1) is 12.0 Å². The highest BCUT2D eigenvalue weighted by Crippen LogP contribution is 2.20. The third kappa shape index (κ3) is 5.57. The van der Waals surface area contributed by atoms with E-state index in [0.29, 0.717) is 42.5 Å². The van der Waals surface area contributed by atoms with E-state index < -0.39 is 10.0 Å². The molecule has 0 atom stereocenters. The summed E-state index contributed by atoms with van der Waals surface area (Å²) >= 11 is 0. The van der Waals surface area contributed by atoms with Gasteiger partial charge >= 0.3 is 0 Å². The van der Waals surface area contributed by atoms with Gasteiger partial charge in [-0.25, -0.2) is 8.42 Å². The second-order valence-corrected chi connectivity index (χ2v) is 8.14. The SMILES string of the molecule is COc1ccc(NS(=O)(=O)c2cccc(C(=O)NCCCc3nc(C)no3)c2)cc1. The van der Waals surface area contributed by atoms with Crippen LogP contribution >= 0.6 is 0 Å². The highest BCUT2D eigenvalue weighted by atomic mass is 32.2. The third-order valence-corrected chi connectivity index (χ3v) is 5.55. The second-order valence-electron chi connectivity index (χ2n) is 6.46. The fourth-order valence-electron chi connectivity index (χ4n) is 2.66. The van der Waals surface area contributed by atoms with Crippen molar-refractivity contribution in [2.45, 2.75) is 24.7 Å². The Balaban J connectivity index is 1.60. The number of carbonyl (C=O) groups is 1. The van der Waals surface area contributed by atoms with Crippen LogP contribution in [0.4, 0.5) is 5.69 Å². The number of benzene rings is 2. The van der Waals surface area contributed by atoms with Crippen LogP contribution in [0.25, 0.3) is 0 Å². The summed E-state index contributed by atoms with van der Waals surface area (Å²) in [4.78, 5) is 16.5. The molecule has 0 bridgehead atoms. The van der Waals surface area contributed by atoms with E-state index in [1.165, 1.54) is 25.3 Å². The predicted molar refractivity (Wildman–Crippen MR) is 110 cm³/mol. The number of anilines is 1. The van der Waals surface area contributed by atoms with Gasteiger partial charge in [0.25, 0.3) is 15.9 Å². The molecule has 2 aromatic carbocycles. The summed E-state index contributed by atoms with van der Waals surface area (Å²) in [5, 5.41) is 6.47. The highest BCUT2D eigenvalue weighted by Gasteiger charge is 2.16. The molecule has 1 amide bonds. The maximum atomic E-state index is 12.7. The van der Waals surface area contributed by atoms with Crippen molar-refractivity contribution in [2.75, 3.05) is 18.4 Å². The summed E-state index contributed by atoms with van der Waals surface area (Å²) in [6.45, 7) is 2.13. The molecule has 0 aliphatic carbocycles. The van der Waals surface area contributed by atoms with Crippen molar-refractivity contribution in [3.8, 4) is 5.75 Å². The van der Waals surface area contributed by atoms with Gasteiger partial charge in [0.1, 0.15) is 5.75 Å². The lowest BCUT2D eigenvalue weighted by Gasteiger charge is -2.10. The molecule has 1 heterocycles. The summed E-state index contributed by atoms with van der Waals surface area (Å²) in [7, 11) is -2.32. The Kier molecular flexibility index (Phi) is 6.68. The molecule has 0 saturated carbocycles. The Hall–Kier alpha value is -3.40. The molecule has 10 heteroatoms. The molecule has 0 aliphatic heterocycles. The zero-order chi connectivity index (χ0) is 21.6. The molecule has 3 aromatic rings. The molecule has 0 spiro atoms. The first kappa shape index (κ1) is 21.3.